The highest BCUT2D eigenvalue weighted by Gasteiger charge is 2.79. The molecule has 188 valence electrons. The molecule has 0 unspecified atom stereocenters. The van der Waals surface area contributed by atoms with Gasteiger partial charge in [0.1, 0.15) is 12.2 Å². The number of carbonyl (C=O) groups is 1. The third-order valence-electron chi connectivity index (χ3n) is 9.04. The van der Waals surface area contributed by atoms with E-state index in [4.69, 9.17) is 26.1 Å². The van der Waals surface area contributed by atoms with Crippen molar-refractivity contribution in [1.29, 1.82) is 0 Å². The van der Waals surface area contributed by atoms with E-state index >= 15 is 0 Å². The Morgan fingerprint density at radius 2 is 2.14 bits per heavy atom. The summed E-state index contributed by atoms with van der Waals surface area (Å²) in [4.78, 5) is 27.0. The Morgan fingerprint density at radius 3 is 2.89 bits per heavy atom. The second kappa shape index (κ2) is 7.50. The highest BCUT2D eigenvalue weighted by molar-refractivity contribution is 6.28. The van der Waals surface area contributed by atoms with Gasteiger partial charge in [-0.05, 0) is 63.0 Å². The number of aromatic nitrogens is 4. The number of carbonyl (C=O) groups excluding carboxylic acids is 1. The lowest BCUT2D eigenvalue weighted by molar-refractivity contribution is -0.164. The van der Waals surface area contributed by atoms with Crippen molar-refractivity contribution in [2.24, 2.45) is 23.2 Å². The van der Waals surface area contributed by atoms with Gasteiger partial charge < -0.3 is 29.8 Å². The van der Waals surface area contributed by atoms with Crippen molar-refractivity contribution in [2.45, 2.75) is 76.0 Å². The van der Waals surface area contributed by atoms with Crippen LogP contribution in [0.4, 0.5) is 5.82 Å². The van der Waals surface area contributed by atoms with E-state index < -0.39 is 11.2 Å². The number of nitrogens with one attached hydrogen (secondary N) is 2. The summed E-state index contributed by atoms with van der Waals surface area (Å²) in [6, 6.07) is 0.218. The summed E-state index contributed by atoms with van der Waals surface area (Å²) < 4.78 is 14.6. The fourth-order valence-corrected chi connectivity index (χ4v) is 7.77. The zero-order chi connectivity index (χ0) is 24.1. The van der Waals surface area contributed by atoms with Gasteiger partial charge in [0.2, 0.25) is 11.2 Å². The van der Waals surface area contributed by atoms with Gasteiger partial charge in [0.25, 0.3) is 0 Å². The number of aliphatic hydroxyl groups is 1. The lowest BCUT2D eigenvalue weighted by Gasteiger charge is -2.25. The largest absolute Gasteiger partial charge is 0.395 e. The zero-order valence-electron chi connectivity index (χ0n) is 19.9. The van der Waals surface area contributed by atoms with Crippen molar-refractivity contribution in [1.82, 2.24) is 24.8 Å². The first-order valence-electron chi connectivity index (χ1n) is 12.7. The van der Waals surface area contributed by atoms with Crippen molar-refractivity contribution < 1.29 is 19.4 Å². The maximum Gasteiger partial charge on any atom is 0.229 e. The molecule has 1 saturated heterocycles. The SMILES string of the molecule is CC1(C)O[C@H]2[C@H](n3cnc4c(N[C@H]5C[C@H]6CC[C@@H]5C6)nc(Cl)nc43)[C@H]3C[C@@]3(C(=O)NCCO)[C@H]2O1. The molecule has 2 aromatic rings. The van der Waals surface area contributed by atoms with E-state index in [9.17, 15) is 9.90 Å². The predicted molar refractivity (Wildman–Crippen MR) is 127 cm³/mol. The third kappa shape index (κ3) is 3.19. The predicted octanol–water partition coefficient (Wildman–Crippen LogP) is 2.27. The first kappa shape index (κ1) is 22.2. The molecule has 3 N–H and O–H groups in total. The van der Waals surface area contributed by atoms with Gasteiger partial charge in [-0.25, -0.2) is 4.98 Å². The number of imidazole rings is 1. The number of amides is 1. The van der Waals surface area contributed by atoms with Crippen LogP contribution in [0.3, 0.4) is 0 Å². The van der Waals surface area contributed by atoms with Gasteiger partial charge >= 0.3 is 0 Å². The Kier molecular flexibility index (Phi) is 4.76. The number of anilines is 1. The third-order valence-corrected chi connectivity index (χ3v) is 9.21. The summed E-state index contributed by atoms with van der Waals surface area (Å²) in [5.74, 6) is 1.28. The maximum absolute atomic E-state index is 13.2. The number of rotatable bonds is 6. The van der Waals surface area contributed by atoms with E-state index in [0.717, 1.165) is 12.3 Å². The number of aliphatic hydroxyl groups excluding tert-OH is 1. The van der Waals surface area contributed by atoms with Crippen LogP contribution in [0.5, 0.6) is 0 Å². The molecule has 10 nitrogen and oxygen atoms in total. The van der Waals surface area contributed by atoms with Crippen LogP contribution in [0.15, 0.2) is 6.33 Å². The summed E-state index contributed by atoms with van der Waals surface area (Å²) in [6.07, 6.45) is 6.80. The summed E-state index contributed by atoms with van der Waals surface area (Å²) in [5.41, 5.74) is 0.650. The van der Waals surface area contributed by atoms with Crippen LogP contribution in [-0.4, -0.2) is 67.7 Å². The minimum absolute atomic E-state index is 0.0143. The van der Waals surface area contributed by atoms with Gasteiger partial charge in [-0.15, -0.1) is 0 Å². The van der Waals surface area contributed by atoms with E-state index in [1.165, 1.54) is 19.3 Å². The molecule has 5 fully saturated rings. The van der Waals surface area contributed by atoms with Crippen molar-refractivity contribution in [2.75, 3.05) is 18.5 Å². The summed E-state index contributed by atoms with van der Waals surface area (Å²) in [5, 5.41) is 15.9. The topological polar surface area (TPSA) is 123 Å². The fraction of sp³-hybridized carbons (Fsp3) is 0.750. The highest BCUT2D eigenvalue weighted by Crippen LogP contribution is 2.71. The normalized spacial score (nSPS) is 40.2. The van der Waals surface area contributed by atoms with Gasteiger partial charge in [0, 0.05) is 18.5 Å². The van der Waals surface area contributed by atoms with E-state index in [0.29, 0.717) is 35.4 Å². The Hall–Kier alpha value is -2.01. The van der Waals surface area contributed by atoms with Gasteiger partial charge in [-0.1, -0.05) is 6.42 Å². The molecule has 3 heterocycles. The number of nitrogens with zero attached hydrogens (tertiary/aromatic N) is 4. The molecule has 11 heteroatoms. The van der Waals surface area contributed by atoms with Crippen LogP contribution in [0.1, 0.15) is 52.0 Å². The van der Waals surface area contributed by atoms with Crippen LogP contribution in [-0.2, 0) is 14.3 Å². The van der Waals surface area contributed by atoms with Gasteiger partial charge in [0.05, 0.1) is 24.4 Å². The lowest BCUT2D eigenvalue weighted by atomic mass is 9.95. The molecule has 0 radical (unpaired) electrons. The molecular weight excluding hydrogens is 472 g/mol. The van der Waals surface area contributed by atoms with Gasteiger partial charge in [-0.2, -0.15) is 9.97 Å². The van der Waals surface area contributed by atoms with E-state index in [2.05, 4.69) is 20.6 Å². The first-order chi connectivity index (χ1) is 16.8. The average molecular weight is 503 g/mol. The van der Waals surface area contributed by atoms with Crippen LogP contribution in [0.25, 0.3) is 11.2 Å². The van der Waals surface area contributed by atoms with Crippen LogP contribution in [0, 0.1) is 23.2 Å². The van der Waals surface area contributed by atoms with Crippen molar-refractivity contribution in [3.8, 4) is 0 Å². The van der Waals surface area contributed by atoms with E-state index in [-0.39, 0.29) is 48.5 Å². The Morgan fingerprint density at radius 1 is 1.29 bits per heavy atom. The quantitative estimate of drug-likeness (QED) is 0.514. The molecule has 1 aliphatic heterocycles. The molecule has 8 atom stereocenters. The van der Waals surface area contributed by atoms with Crippen LogP contribution >= 0.6 is 11.6 Å². The molecule has 5 aliphatic rings. The first-order valence-corrected chi connectivity index (χ1v) is 13.1. The molecular formula is C24H31ClN6O4. The highest BCUT2D eigenvalue weighted by atomic mass is 35.5. The van der Waals surface area contributed by atoms with Crippen molar-refractivity contribution >= 4 is 34.5 Å². The molecule has 1 amide bonds. The van der Waals surface area contributed by atoms with Crippen LogP contribution in [0.2, 0.25) is 5.28 Å². The molecule has 7 rings (SSSR count). The van der Waals surface area contributed by atoms with Crippen molar-refractivity contribution in [3.63, 3.8) is 0 Å². The fourth-order valence-electron chi connectivity index (χ4n) is 7.61. The minimum atomic E-state index is -0.803. The Balaban J connectivity index is 1.25. The lowest BCUT2D eigenvalue weighted by Crippen LogP contribution is -2.42. The van der Waals surface area contributed by atoms with Crippen molar-refractivity contribution in [3.05, 3.63) is 11.6 Å². The molecule has 35 heavy (non-hydrogen) atoms. The smallest absolute Gasteiger partial charge is 0.229 e. The second-order valence-electron chi connectivity index (χ2n) is 11.4. The standard InChI is InChI=1S/C24H31ClN6O4/c1-23(2)34-17-16(13-9-24(13,18(17)35-23)21(33)26-5-6-32)31-10-27-15-19(29-22(25)30-20(15)31)28-14-8-11-3-4-12(14)7-11/h10-14,16-18,32H,3-9H2,1-2H3,(H,26,33)(H,28,29,30)/t11-,12+,13+,14-,16+,17-,18-,24-/m0/s1. The van der Waals surface area contributed by atoms with Crippen LogP contribution < -0.4 is 10.6 Å². The zero-order valence-corrected chi connectivity index (χ0v) is 20.7. The molecule has 2 aromatic heterocycles. The molecule has 0 aromatic carbocycles. The molecule has 4 aliphatic carbocycles. The monoisotopic (exact) mass is 502 g/mol. The Bertz CT molecular complexity index is 1200. The van der Waals surface area contributed by atoms with E-state index in [1.807, 2.05) is 18.4 Å². The average Bonchev–Trinajstić information content (AvgIpc) is 3.28. The second-order valence-corrected chi connectivity index (χ2v) is 11.8. The molecule has 0 spiro atoms. The van der Waals surface area contributed by atoms with Gasteiger partial charge in [-0.3, -0.25) is 4.79 Å². The number of hydrogen-bond donors (Lipinski definition) is 3. The number of fused-ring (bicyclic) bond motifs is 6. The number of ether oxygens (including phenoxy) is 2. The molecule has 4 saturated carbocycles. The molecule has 2 bridgehead atoms. The number of hydrogen-bond acceptors (Lipinski definition) is 8. The minimum Gasteiger partial charge on any atom is -0.395 e. The maximum atomic E-state index is 13.2. The summed E-state index contributed by atoms with van der Waals surface area (Å²) in [6.45, 7) is 3.87. The summed E-state index contributed by atoms with van der Waals surface area (Å²) in [7, 11) is 0. The summed E-state index contributed by atoms with van der Waals surface area (Å²) >= 11 is 6.42. The number of halogens is 1. The van der Waals surface area contributed by atoms with E-state index in [1.54, 1.807) is 6.33 Å². The Labute approximate surface area is 208 Å². The van der Waals surface area contributed by atoms with Gasteiger partial charge in [0.15, 0.2) is 22.8 Å².